The van der Waals surface area contributed by atoms with Gasteiger partial charge >= 0.3 is 11.9 Å². The number of benzene rings is 3. The third kappa shape index (κ3) is 6.23. The van der Waals surface area contributed by atoms with Crippen molar-refractivity contribution >= 4 is 46.0 Å². The minimum absolute atomic E-state index is 0.0112. The Labute approximate surface area is 216 Å². The Hall–Kier alpha value is -3.83. The van der Waals surface area contributed by atoms with Crippen molar-refractivity contribution in [2.45, 2.75) is 31.2 Å². The SMILES string of the molecule is C#CCN(c1ccc(N(CC(=O)OC)Sc2ccc(O)c(C)c2)c2ccccc12)C(C)CC(=O)OC. The van der Waals surface area contributed by atoms with E-state index in [2.05, 4.69) is 5.92 Å². The van der Waals surface area contributed by atoms with Gasteiger partial charge in [0.2, 0.25) is 0 Å². The van der Waals surface area contributed by atoms with E-state index in [4.69, 9.17) is 15.9 Å². The van der Waals surface area contributed by atoms with Gasteiger partial charge in [-0.3, -0.25) is 9.59 Å². The van der Waals surface area contributed by atoms with Gasteiger partial charge in [0.15, 0.2) is 0 Å². The summed E-state index contributed by atoms with van der Waals surface area (Å²) < 4.78 is 11.7. The fourth-order valence-electron chi connectivity index (χ4n) is 3.91. The molecule has 0 aliphatic heterocycles. The molecular formula is C28H30N2O5S. The summed E-state index contributed by atoms with van der Waals surface area (Å²) in [6.07, 6.45) is 5.87. The zero-order valence-electron chi connectivity index (χ0n) is 20.9. The highest BCUT2D eigenvalue weighted by Gasteiger charge is 2.23. The average Bonchev–Trinajstić information content (AvgIpc) is 2.88. The Morgan fingerprint density at radius 2 is 1.67 bits per heavy atom. The average molecular weight is 507 g/mol. The van der Waals surface area contributed by atoms with Crippen LogP contribution in [0.25, 0.3) is 10.8 Å². The topological polar surface area (TPSA) is 79.3 Å². The Bertz CT molecular complexity index is 1290. The first-order valence-electron chi connectivity index (χ1n) is 11.4. The molecule has 8 heteroatoms. The minimum atomic E-state index is -0.383. The largest absolute Gasteiger partial charge is 0.508 e. The predicted octanol–water partition coefficient (Wildman–Crippen LogP) is 4.93. The summed E-state index contributed by atoms with van der Waals surface area (Å²) in [7, 11) is 2.73. The van der Waals surface area contributed by atoms with Crippen LogP contribution < -0.4 is 9.21 Å². The number of carbonyl (C=O) groups excluding carboxylic acids is 2. The maximum absolute atomic E-state index is 12.3. The number of ether oxygens (including phenoxy) is 2. The standard InChI is InChI=1S/C28H30N2O5S/c1-6-15-29(20(3)17-27(32)34-4)24-12-13-25(23-10-8-7-9-22(23)24)30(18-28(33)35-5)36-21-11-14-26(31)19(2)16-21/h1,7-14,16,20,31H,15,17-18H2,2-5H3. The summed E-state index contributed by atoms with van der Waals surface area (Å²) in [6.45, 7) is 4.08. The lowest BCUT2D eigenvalue weighted by Crippen LogP contribution is -2.35. The molecule has 1 unspecified atom stereocenters. The third-order valence-corrected chi connectivity index (χ3v) is 6.83. The van der Waals surface area contributed by atoms with Crippen molar-refractivity contribution in [1.29, 1.82) is 0 Å². The van der Waals surface area contributed by atoms with Crippen molar-refractivity contribution in [2.75, 3.05) is 36.5 Å². The van der Waals surface area contributed by atoms with Gasteiger partial charge in [0.05, 0.1) is 32.9 Å². The normalized spacial score (nSPS) is 11.4. The molecule has 0 saturated heterocycles. The predicted molar refractivity (Wildman–Crippen MR) is 144 cm³/mol. The first kappa shape index (κ1) is 26.8. The van der Waals surface area contributed by atoms with E-state index in [1.807, 2.05) is 65.5 Å². The van der Waals surface area contributed by atoms with E-state index in [1.165, 1.54) is 26.2 Å². The number of esters is 2. The number of anilines is 2. The molecule has 3 rings (SSSR count). The van der Waals surface area contributed by atoms with Crippen molar-refractivity contribution in [2.24, 2.45) is 0 Å². The number of carbonyl (C=O) groups is 2. The van der Waals surface area contributed by atoms with Gasteiger partial charge in [-0.1, -0.05) is 30.2 Å². The Balaban J connectivity index is 2.10. The highest BCUT2D eigenvalue weighted by molar-refractivity contribution is 8.00. The van der Waals surface area contributed by atoms with Crippen LogP contribution in [0.3, 0.4) is 0 Å². The molecule has 0 radical (unpaired) electrons. The number of aryl methyl sites for hydroxylation is 1. The number of hydrogen-bond donors (Lipinski definition) is 1. The number of fused-ring (bicyclic) bond motifs is 1. The smallest absolute Gasteiger partial charge is 0.326 e. The molecule has 0 heterocycles. The van der Waals surface area contributed by atoms with Crippen LogP contribution in [0.4, 0.5) is 11.4 Å². The molecule has 1 atom stereocenters. The van der Waals surface area contributed by atoms with E-state index in [0.29, 0.717) is 6.54 Å². The molecule has 1 N–H and O–H groups in total. The zero-order chi connectivity index (χ0) is 26.2. The second kappa shape index (κ2) is 12.2. The number of phenolic OH excluding ortho intramolecular Hbond substituents is 1. The van der Waals surface area contributed by atoms with Crippen molar-refractivity contribution < 1.29 is 24.2 Å². The number of hydrogen-bond acceptors (Lipinski definition) is 8. The van der Waals surface area contributed by atoms with Gasteiger partial charge in [-0.2, -0.15) is 0 Å². The molecule has 0 aliphatic carbocycles. The van der Waals surface area contributed by atoms with Gasteiger partial charge in [0.25, 0.3) is 0 Å². The molecule has 3 aromatic rings. The van der Waals surface area contributed by atoms with Crippen LogP contribution in [-0.4, -0.2) is 50.4 Å². The zero-order valence-corrected chi connectivity index (χ0v) is 21.7. The van der Waals surface area contributed by atoms with Gasteiger partial charge in [0, 0.05) is 27.4 Å². The number of methoxy groups -OCH3 is 2. The summed E-state index contributed by atoms with van der Waals surface area (Å²) in [5.74, 6) is 2.21. The second-order valence-electron chi connectivity index (χ2n) is 8.26. The maximum Gasteiger partial charge on any atom is 0.326 e. The van der Waals surface area contributed by atoms with Crippen molar-refractivity contribution in [3.05, 3.63) is 60.2 Å². The summed E-state index contributed by atoms with van der Waals surface area (Å²) in [6, 6.07) is 16.9. The summed E-state index contributed by atoms with van der Waals surface area (Å²) in [4.78, 5) is 27.1. The summed E-state index contributed by atoms with van der Waals surface area (Å²) in [5.41, 5.74) is 2.44. The fraction of sp³-hybridized carbons (Fsp3) is 0.286. The third-order valence-electron chi connectivity index (χ3n) is 5.82. The van der Waals surface area contributed by atoms with Gasteiger partial charge in [-0.25, -0.2) is 0 Å². The van der Waals surface area contributed by atoms with Crippen LogP contribution in [0.1, 0.15) is 18.9 Å². The van der Waals surface area contributed by atoms with E-state index >= 15 is 0 Å². The fourth-order valence-corrected chi connectivity index (χ4v) is 4.95. The molecule has 0 aliphatic rings. The van der Waals surface area contributed by atoms with Gasteiger partial charge in [-0.05, 0) is 61.7 Å². The van der Waals surface area contributed by atoms with Crippen molar-refractivity contribution in [3.8, 4) is 18.1 Å². The molecule has 188 valence electrons. The number of aromatic hydroxyl groups is 1. The number of nitrogens with zero attached hydrogens (tertiary/aromatic N) is 2. The lowest BCUT2D eigenvalue weighted by Gasteiger charge is -2.31. The molecule has 0 bridgehead atoms. The first-order valence-corrected chi connectivity index (χ1v) is 12.2. The van der Waals surface area contributed by atoms with E-state index in [9.17, 15) is 14.7 Å². The Morgan fingerprint density at radius 1 is 1.03 bits per heavy atom. The second-order valence-corrected chi connectivity index (χ2v) is 9.36. The van der Waals surface area contributed by atoms with Crippen LogP contribution in [0.15, 0.2) is 59.5 Å². The summed E-state index contributed by atoms with van der Waals surface area (Å²) >= 11 is 1.38. The van der Waals surface area contributed by atoms with Crippen LogP contribution >= 0.6 is 11.9 Å². The Morgan fingerprint density at radius 3 is 2.28 bits per heavy atom. The van der Waals surface area contributed by atoms with Gasteiger partial charge in [0.1, 0.15) is 12.3 Å². The summed E-state index contributed by atoms with van der Waals surface area (Å²) in [5, 5.41) is 11.8. The molecule has 3 aromatic carbocycles. The van der Waals surface area contributed by atoms with Crippen molar-refractivity contribution in [1.82, 2.24) is 0 Å². The van der Waals surface area contributed by atoms with E-state index < -0.39 is 0 Å². The van der Waals surface area contributed by atoms with Crippen LogP contribution in [-0.2, 0) is 19.1 Å². The quantitative estimate of drug-likeness (QED) is 0.236. The molecular weight excluding hydrogens is 476 g/mol. The number of phenols is 1. The van der Waals surface area contributed by atoms with E-state index in [-0.39, 0.29) is 36.7 Å². The van der Waals surface area contributed by atoms with E-state index in [0.717, 1.165) is 32.6 Å². The molecule has 0 aromatic heterocycles. The molecule has 0 saturated carbocycles. The first-order chi connectivity index (χ1) is 17.3. The van der Waals surface area contributed by atoms with Crippen molar-refractivity contribution in [3.63, 3.8) is 0 Å². The number of terminal acetylenes is 1. The van der Waals surface area contributed by atoms with Gasteiger partial charge in [-0.15, -0.1) is 6.42 Å². The number of rotatable bonds is 10. The minimum Gasteiger partial charge on any atom is -0.508 e. The Kier molecular flexibility index (Phi) is 9.09. The molecule has 7 nitrogen and oxygen atoms in total. The molecule has 0 amide bonds. The van der Waals surface area contributed by atoms with Gasteiger partial charge < -0.3 is 23.8 Å². The van der Waals surface area contributed by atoms with Crippen LogP contribution in [0.5, 0.6) is 5.75 Å². The highest BCUT2D eigenvalue weighted by atomic mass is 32.2. The van der Waals surface area contributed by atoms with Crippen LogP contribution in [0, 0.1) is 19.3 Å². The monoisotopic (exact) mass is 506 g/mol. The lowest BCUT2D eigenvalue weighted by molar-refractivity contribution is -0.141. The molecule has 36 heavy (non-hydrogen) atoms. The van der Waals surface area contributed by atoms with Crippen LogP contribution in [0.2, 0.25) is 0 Å². The lowest BCUT2D eigenvalue weighted by atomic mass is 10.0. The molecule has 0 spiro atoms. The maximum atomic E-state index is 12.3. The molecule has 0 fully saturated rings. The highest BCUT2D eigenvalue weighted by Crippen LogP contribution is 2.39. The van der Waals surface area contributed by atoms with E-state index in [1.54, 1.807) is 12.1 Å².